The van der Waals surface area contributed by atoms with Gasteiger partial charge in [0.25, 0.3) is 0 Å². The third-order valence-electron chi connectivity index (χ3n) is 10.6. The highest BCUT2D eigenvalue weighted by Crippen LogP contribution is 2.43. The van der Waals surface area contributed by atoms with Gasteiger partial charge in [-0.2, -0.15) is 0 Å². The number of benzene rings is 9. The molecule has 0 fully saturated rings. The molecule has 0 unspecified atom stereocenters. The highest BCUT2D eigenvalue weighted by molar-refractivity contribution is 6.17. The van der Waals surface area contributed by atoms with Gasteiger partial charge in [0.05, 0.1) is 0 Å². The Morgan fingerprint density at radius 3 is 1.35 bits per heavy atom. The molecule has 0 amide bonds. The van der Waals surface area contributed by atoms with Gasteiger partial charge in [-0.15, -0.1) is 0 Å². The summed E-state index contributed by atoms with van der Waals surface area (Å²) in [6.07, 6.45) is 0. The number of rotatable bonds is 6. The Labute approximate surface area is 311 Å². The molecule has 4 heteroatoms. The molecule has 0 atom stereocenters. The molecule has 0 spiro atoms. The van der Waals surface area contributed by atoms with Crippen LogP contribution in [0.4, 0.5) is 34.1 Å². The average molecular weight is 693 g/mol. The summed E-state index contributed by atoms with van der Waals surface area (Å²) in [6.45, 7) is 0. The molecular formula is C50H32N2O2. The van der Waals surface area contributed by atoms with E-state index in [0.717, 1.165) is 83.4 Å². The van der Waals surface area contributed by atoms with Gasteiger partial charge in [-0.1, -0.05) is 97.1 Å². The Balaban J connectivity index is 1.06. The molecule has 2 heterocycles. The van der Waals surface area contributed by atoms with Crippen LogP contribution in [0, 0.1) is 0 Å². The summed E-state index contributed by atoms with van der Waals surface area (Å²) < 4.78 is 12.6. The first-order valence-corrected chi connectivity index (χ1v) is 18.2. The average Bonchev–Trinajstić information content (AvgIpc) is 3.78. The summed E-state index contributed by atoms with van der Waals surface area (Å²) in [5, 5.41) is 9.27. The number of para-hydroxylation sites is 4. The topological polar surface area (TPSA) is 32.8 Å². The second-order valence-electron chi connectivity index (χ2n) is 13.8. The van der Waals surface area contributed by atoms with Gasteiger partial charge in [0.1, 0.15) is 22.3 Å². The quantitative estimate of drug-likeness (QED) is 0.162. The van der Waals surface area contributed by atoms with Gasteiger partial charge in [0.15, 0.2) is 0 Å². The van der Waals surface area contributed by atoms with E-state index in [1.165, 1.54) is 16.2 Å². The van der Waals surface area contributed by atoms with Crippen LogP contribution >= 0.6 is 0 Å². The summed E-state index contributed by atoms with van der Waals surface area (Å²) in [4.78, 5) is 4.64. The maximum atomic E-state index is 6.35. The van der Waals surface area contributed by atoms with Gasteiger partial charge in [0.2, 0.25) is 0 Å². The van der Waals surface area contributed by atoms with Crippen molar-refractivity contribution in [1.82, 2.24) is 0 Å². The second kappa shape index (κ2) is 12.1. The van der Waals surface area contributed by atoms with Gasteiger partial charge >= 0.3 is 0 Å². The molecule has 2 aromatic heterocycles. The molecule has 11 aromatic rings. The Morgan fingerprint density at radius 2 is 0.704 bits per heavy atom. The van der Waals surface area contributed by atoms with E-state index in [0.29, 0.717) is 0 Å². The molecule has 4 nitrogen and oxygen atoms in total. The van der Waals surface area contributed by atoms with Crippen LogP contribution in [0.25, 0.3) is 65.4 Å². The monoisotopic (exact) mass is 692 g/mol. The van der Waals surface area contributed by atoms with Crippen LogP contribution in [0.1, 0.15) is 0 Å². The van der Waals surface area contributed by atoms with Crippen molar-refractivity contribution in [2.75, 3.05) is 9.80 Å². The van der Waals surface area contributed by atoms with E-state index in [-0.39, 0.29) is 0 Å². The van der Waals surface area contributed by atoms with Crippen molar-refractivity contribution in [3.63, 3.8) is 0 Å². The third kappa shape index (κ3) is 4.92. The van der Waals surface area contributed by atoms with Gasteiger partial charge < -0.3 is 18.6 Å². The van der Waals surface area contributed by atoms with Crippen LogP contribution in [0.2, 0.25) is 0 Å². The molecule has 0 saturated carbocycles. The van der Waals surface area contributed by atoms with E-state index >= 15 is 0 Å². The molecule has 0 bridgehead atoms. The van der Waals surface area contributed by atoms with Crippen molar-refractivity contribution in [1.29, 1.82) is 0 Å². The molecule has 254 valence electrons. The van der Waals surface area contributed by atoms with Crippen molar-refractivity contribution < 1.29 is 8.83 Å². The maximum Gasteiger partial charge on any atom is 0.137 e. The molecule has 0 saturated heterocycles. The van der Waals surface area contributed by atoms with E-state index in [4.69, 9.17) is 8.83 Å². The molecule has 54 heavy (non-hydrogen) atoms. The van der Waals surface area contributed by atoms with Crippen LogP contribution in [0.5, 0.6) is 0 Å². The van der Waals surface area contributed by atoms with Gasteiger partial charge in [-0.05, 0) is 113 Å². The summed E-state index contributed by atoms with van der Waals surface area (Å²) >= 11 is 0. The summed E-state index contributed by atoms with van der Waals surface area (Å²) in [7, 11) is 0. The van der Waals surface area contributed by atoms with E-state index in [2.05, 4.69) is 180 Å². The van der Waals surface area contributed by atoms with Crippen LogP contribution in [-0.4, -0.2) is 0 Å². The van der Waals surface area contributed by atoms with Crippen molar-refractivity contribution in [3.05, 3.63) is 194 Å². The fraction of sp³-hybridized carbons (Fsp3) is 0. The molecule has 0 N–H and O–H groups in total. The van der Waals surface area contributed by atoms with Crippen molar-refractivity contribution in [2.24, 2.45) is 0 Å². The fourth-order valence-corrected chi connectivity index (χ4v) is 8.08. The largest absolute Gasteiger partial charge is 0.456 e. The van der Waals surface area contributed by atoms with Crippen LogP contribution < -0.4 is 9.80 Å². The zero-order valence-electron chi connectivity index (χ0n) is 29.2. The van der Waals surface area contributed by atoms with Crippen LogP contribution in [-0.2, 0) is 0 Å². The Hall–Kier alpha value is -7.30. The standard InChI is InChI=1S/C50H32N2O2/c1-3-12-35(13-4-1)51(39-24-26-41-33(28-39)22-23-34-29-49-46(32-45(34)41)43-19-8-10-21-48(43)53-49)37-16-11-17-38(30-37)52(36-14-5-2-6-15-36)40-25-27-44-42-18-7-9-20-47(42)54-50(44)31-40/h1-32H. The summed E-state index contributed by atoms with van der Waals surface area (Å²) in [6, 6.07) is 68.6. The highest BCUT2D eigenvalue weighted by atomic mass is 16.3. The first-order valence-electron chi connectivity index (χ1n) is 18.2. The van der Waals surface area contributed by atoms with Crippen molar-refractivity contribution in [3.8, 4) is 0 Å². The predicted octanol–water partition coefficient (Wildman–Crippen LogP) is 14.7. The zero-order valence-corrected chi connectivity index (χ0v) is 29.2. The van der Waals surface area contributed by atoms with E-state index < -0.39 is 0 Å². The van der Waals surface area contributed by atoms with E-state index in [9.17, 15) is 0 Å². The molecular weight excluding hydrogens is 661 g/mol. The lowest BCUT2D eigenvalue weighted by Crippen LogP contribution is -2.13. The summed E-state index contributed by atoms with van der Waals surface area (Å²) in [5.74, 6) is 0. The number of fused-ring (bicyclic) bond motifs is 9. The fourth-order valence-electron chi connectivity index (χ4n) is 8.08. The minimum absolute atomic E-state index is 0.863. The lowest BCUT2D eigenvalue weighted by atomic mass is 9.99. The number of furan rings is 2. The maximum absolute atomic E-state index is 6.35. The number of anilines is 6. The van der Waals surface area contributed by atoms with Crippen LogP contribution in [0.15, 0.2) is 203 Å². The third-order valence-corrected chi connectivity index (χ3v) is 10.6. The smallest absolute Gasteiger partial charge is 0.137 e. The highest BCUT2D eigenvalue weighted by Gasteiger charge is 2.19. The number of nitrogens with zero attached hydrogens (tertiary/aromatic N) is 2. The lowest BCUT2D eigenvalue weighted by molar-refractivity contribution is 0.669. The van der Waals surface area contributed by atoms with E-state index in [1.54, 1.807) is 0 Å². The molecule has 0 radical (unpaired) electrons. The number of hydrogen-bond acceptors (Lipinski definition) is 4. The van der Waals surface area contributed by atoms with E-state index in [1.807, 2.05) is 24.3 Å². The van der Waals surface area contributed by atoms with Gasteiger partial charge in [-0.25, -0.2) is 0 Å². The molecule has 11 rings (SSSR count). The van der Waals surface area contributed by atoms with Gasteiger partial charge in [-0.3, -0.25) is 0 Å². The Morgan fingerprint density at radius 1 is 0.241 bits per heavy atom. The lowest BCUT2D eigenvalue weighted by Gasteiger charge is -2.29. The SMILES string of the molecule is c1ccc(N(c2cccc(N(c3ccccc3)c3ccc4c(c3)oc3ccccc34)c2)c2ccc3c(ccc4cc5oc6ccccc6c5cc43)c2)cc1. The first kappa shape index (κ1) is 30.3. The Bertz CT molecular complexity index is 3180. The van der Waals surface area contributed by atoms with Crippen molar-refractivity contribution in [2.45, 2.75) is 0 Å². The minimum atomic E-state index is 0.863. The molecule has 0 aliphatic carbocycles. The second-order valence-corrected chi connectivity index (χ2v) is 13.8. The Kier molecular flexibility index (Phi) is 6.82. The normalized spacial score (nSPS) is 11.7. The van der Waals surface area contributed by atoms with Crippen LogP contribution in [0.3, 0.4) is 0 Å². The zero-order chi connectivity index (χ0) is 35.6. The van der Waals surface area contributed by atoms with Gasteiger partial charge in [0, 0.05) is 61.7 Å². The number of hydrogen-bond donors (Lipinski definition) is 0. The first-order chi connectivity index (χ1) is 26.7. The summed E-state index contributed by atoms with van der Waals surface area (Å²) in [5.41, 5.74) is 9.92. The molecule has 0 aliphatic heterocycles. The molecule has 0 aliphatic rings. The minimum Gasteiger partial charge on any atom is -0.456 e. The predicted molar refractivity (Wildman–Crippen MR) is 225 cm³/mol. The van der Waals surface area contributed by atoms with Crippen molar-refractivity contribution >= 4 is 99.5 Å². The molecule has 9 aromatic carbocycles.